The van der Waals surface area contributed by atoms with Gasteiger partial charge >= 0.3 is 0 Å². The van der Waals surface area contributed by atoms with Crippen molar-refractivity contribution in [3.05, 3.63) is 59.4 Å². The summed E-state index contributed by atoms with van der Waals surface area (Å²) in [5.41, 5.74) is 4.26. The number of anilines is 1. The summed E-state index contributed by atoms with van der Waals surface area (Å²) in [6, 6.07) is 13.6. The van der Waals surface area contributed by atoms with Gasteiger partial charge in [-0.1, -0.05) is 12.1 Å². The van der Waals surface area contributed by atoms with Crippen molar-refractivity contribution in [3.8, 4) is 6.07 Å². The molecule has 4 heteroatoms. The Balaban J connectivity index is 2.53. The molecule has 0 aliphatic carbocycles. The van der Waals surface area contributed by atoms with E-state index in [0.717, 1.165) is 22.7 Å². The van der Waals surface area contributed by atoms with E-state index in [9.17, 15) is 0 Å². The van der Waals surface area contributed by atoms with Crippen LogP contribution in [0.1, 0.15) is 37.6 Å². The average molecular weight is 306 g/mol. The molecule has 0 saturated carbocycles. The van der Waals surface area contributed by atoms with Crippen molar-refractivity contribution in [1.29, 1.82) is 5.26 Å². The molecule has 2 rings (SSSR count). The van der Waals surface area contributed by atoms with Crippen LogP contribution in [0, 0.1) is 11.3 Å². The second-order valence-corrected chi connectivity index (χ2v) is 6.36. The molecule has 0 radical (unpaired) electrons. The molecule has 0 amide bonds. The Bertz CT molecular complexity index is 746. The first kappa shape index (κ1) is 16.7. The van der Waals surface area contributed by atoms with Gasteiger partial charge in [-0.15, -0.1) is 0 Å². The van der Waals surface area contributed by atoms with Crippen LogP contribution in [-0.2, 0) is 0 Å². The molecule has 0 unspecified atom stereocenters. The Hall–Kier alpha value is -2.67. The summed E-state index contributed by atoms with van der Waals surface area (Å²) in [6.45, 7) is 6.48. The molecule has 0 aliphatic heterocycles. The van der Waals surface area contributed by atoms with Gasteiger partial charge in [-0.2, -0.15) is 5.26 Å². The molecule has 0 spiro atoms. The maximum Gasteiger partial charge on any atom is 0.112 e. The number of hydrogen-bond donors (Lipinski definition) is 0. The van der Waals surface area contributed by atoms with E-state index < -0.39 is 0 Å². The third-order valence-corrected chi connectivity index (χ3v) is 3.89. The lowest BCUT2D eigenvalue weighted by Gasteiger charge is -2.35. The molecular weight excluding hydrogens is 284 g/mol. The fourth-order valence-corrected chi connectivity index (χ4v) is 2.29. The summed E-state index contributed by atoms with van der Waals surface area (Å²) in [4.78, 5) is 11.2. The Morgan fingerprint density at radius 1 is 1.17 bits per heavy atom. The van der Waals surface area contributed by atoms with Crippen LogP contribution in [0.15, 0.2) is 47.6 Å². The maximum atomic E-state index is 8.95. The van der Waals surface area contributed by atoms with E-state index in [0.29, 0.717) is 5.56 Å². The standard InChI is InChI=1S/C19H22N4/c1-19(2,3)23(5)16-7-6-12-22-18(16)17(21-4)15-10-8-14(13-20)9-11-15/h6-12H,1-5H3/b21-17-. The van der Waals surface area contributed by atoms with Gasteiger partial charge < -0.3 is 4.90 Å². The van der Waals surface area contributed by atoms with Gasteiger partial charge in [0, 0.05) is 31.4 Å². The molecule has 0 aliphatic rings. The summed E-state index contributed by atoms with van der Waals surface area (Å²) >= 11 is 0. The topological polar surface area (TPSA) is 52.3 Å². The number of hydrogen-bond acceptors (Lipinski definition) is 4. The van der Waals surface area contributed by atoms with Crippen molar-refractivity contribution >= 4 is 11.4 Å². The molecule has 118 valence electrons. The third-order valence-electron chi connectivity index (χ3n) is 3.89. The van der Waals surface area contributed by atoms with Crippen LogP contribution in [0.4, 0.5) is 5.69 Å². The van der Waals surface area contributed by atoms with Gasteiger partial charge in [0.05, 0.1) is 23.0 Å². The minimum absolute atomic E-state index is 0.0265. The molecule has 0 atom stereocenters. The summed E-state index contributed by atoms with van der Waals surface area (Å²) in [7, 11) is 3.83. The lowest BCUT2D eigenvalue weighted by Crippen LogP contribution is -2.39. The second kappa shape index (κ2) is 6.62. The van der Waals surface area contributed by atoms with Gasteiger partial charge in [-0.25, -0.2) is 0 Å². The van der Waals surface area contributed by atoms with E-state index in [1.807, 2.05) is 18.2 Å². The van der Waals surface area contributed by atoms with Gasteiger partial charge in [-0.3, -0.25) is 9.98 Å². The monoisotopic (exact) mass is 306 g/mol. The number of nitriles is 1. The first-order valence-corrected chi connectivity index (χ1v) is 7.55. The van der Waals surface area contributed by atoms with Crippen LogP contribution in [0.25, 0.3) is 0 Å². The number of benzene rings is 1. The highest BCUT2D eigenvalue weighted by Crippen LogP contribution is 2.26. The molecule has 1 aromatic heterocycles. The molecule has 2 aromatic rings. The Morgan fingerprint density at radius 2 is 1.83 bits per heavy atom. The van der Waals surface area contributed by atoms with Crippen molar-refractivity contribution in [2.45, 2.75) is 26.3 Å². The number of aromatic nitrogens is 1. The number of pyridine rings is 1. The number of nitrogens with zero attached hydrogens (tertiary/aromatic N) is 4. The lowest BCUT2D eigenvalue weighted by molar-refractivity contribution is 0.538. The van der Waals surface area contributed by atoms with Crippen molar-refractivity contribution < 1.29 is 0 Å². The van der Waals surface area contributed by atoms with E-state index in [1.165, 1.54) is 0 Å². The first-order chi connectivity index (χ1) is 10.9. The SMILES string of the molecule is C/N=C(/c1ccc(C#N)cc1)c1ncccc1N(C)C(C)(C)C. The second-order valence-electron chi connectivity index (χ2n) is 6.36. The summed E-state index contributed by atoms with van der Waals surface area (Å²) in [5, 5.41) is 8.95. The molecule has 0 fully saturated rings. The van der Waals surface area contributed by atoms with Crippen LogP contribution >= 0.6 is 0 Å². The quantitative estimate of drug-likeness (QED) is 0.813. The van der Waals surface area contributed by atoms with Gasteiger partial charge in [-0.05, 0) is 45.0 Å². The average Bonchev–Trinajstić information content (AvgIpc) is 2.55. The number of rotatable bonds is 3. The van der Waals surface area contributed by atoms with E-state index >= 15 is 0 Å². The van der Waals surface area contributed by atoms with Crippen LogP contribution in [-0.4, -0.2) is 30.3 Å². The first-order valence-electron chi connectivity index (χ1n) is 7.55. The molecule has 0 saturated heterocycles. The Labute approximate surface area is 138 Å². The predicted molar refractivity (Wildman–Crippen MR) is 95.1 cm³/mol. The van der Waals surface area contributed by atoms with E-state index in [4.69, 9.17) is 5.26 Å². The van der Waals surface area contributed by atoms with Gasteiger partial charge in [0.2, 0.25) is 0 Å². The van der Waals surface area contributed by atoms with E-state index in [2.05, 4.69) is 54.8 Å². The molecule has 1 heterocycles. The molecule has 1 aromatic carbocycles. The smallest absolute Gasteiger partial charge is 0.112 e. The molecule has 0 bridgehead atoms. The molecular formula is C19H22N4. The van der Waals surface area contributed by atoms with Crippen LogP contribution in [0.2, 0.25) is 0 Å². The Morgan fingerprint density at radius 3 is 2.35 bits per heavy atom. The highest BCUT2D eigenvalue weighted by Gasteiger charge is 2.22. The minimum atomic E-state index is -0.0265. The summed E-state index contributed by atoms with van der Waals surface area (Å²) < 4.78 is 0. The zero-order valence-electron chi connectivity index (χ0n) is 14.3. The summed E-state index contributed by atoms with van der Waals surface area (Å²) in [6.07, 6.45) is 1.78. The van der Waals surface area contributed by atoms with E-state index in [1.54, 1.807) is 25.4 Å². The predicted octanol–water partition coefficient (Wildman–Crippen LogP) is 3.66. The highest BCUT2D eigenvalue weighted by atomic mass is 15.2. The number of aliphatic imine (C=N–C) groups is 1. The normalized spacial score (nSPS) is 11.9. The fourth-order valence-electron chi connectivity index (χ4n) is 2.29. The van der Waals surface area contributed by atoms with Crippen LogP contribution in [0.3, 0.4) is 0 Å². The van der Waals surface area contributed by atoms with Gasteiger partial charge in [0.15, 0.2) is 0 Å². The molecule has 0 N–H and O–H groups in total. The van der Waals surface area contributed by atoms with Crippen LogP contribution in [0.5, 0.6) is 0 Å². The van der Waals surface area contributed by atoms with Crippen molar-refractivity contribution in [2.24, 2.45) is 4.99 Å². The third kappa shape index (κ3) is 3.57. The van der Waals surface area contributed by atoms with Crippen molar-refractivity contribution in [1.82, 2.24) is 4.98 Å². The minimum Gasteiger partial charge on any atom is -0.368 e. The van der Waals surface area contributed by atoms with Gasteiger partial charge in [0.25, 0.3) is 0 Å². The fraction of sp³-hybridized carbons (Fsp3) is 0.316. The van der Waals surface area contributed by atoms with Crippen molar-refractivity contribution in [2.75, 3.05) is 19.0 Å². The van der Waals surface area contributed by atoms with Crippen LogP contribution < -0.4 is 4.90 Å². The zero-order chi connectivity index (χ0) is 17.0. The largest absolute Gasteiger partial charge is 0.368 e. The highest BCUT2D eigenvalue weighted by molar-refractivity contribution is 6.14. The van der Waals surface area contributed by atoms with Gasteiger partial charge in [0.1, 0.15) is 5.69 Å². The van der Waals surface area contributed by atoms with Crippen molar-refractivity contribution in [3.63, 3.8) is 0 Å². The summed E-state index contributed by atoms with van der Waals surface area (Å²) in [5.74, 6) is 0. The molecule has 23 heavy (non-hydrogen) atoms. The Kier molecular flexibility index (Phi) is 4.80. The maximum absolute atomic E-state index is 8.95. The van der Waals surface area contributed by atoms with E-state index in [-0.39, 0.29) is 5.54 Å². The zero-order valence-corrected chi connectivity index (χ0v) is 14.3. The molecule has 4 nitrogen and oxygen atoms in total. The lowest BCUT2D eigenvalue weighted by atomic mass is 10.0.